The van der Waals surface area contributed by atoms with Crippen LogP contribution >= 0.6 is 0 Å². The average Bonchev–Trinajstić information content (AvgIpc) is 2.48. The third-order valence-corrected chi connectivity index (χ3v) is 2.83. The molecule has 19 heavy (non-hydrogen) atoms. The summed E-state index contributed by atoms with van der Waals surface area (Å²) in [5, 5.41) is 4.09. The summed E-state index contributed by atoms with van der Waals surface area (Å²) in [5.74, 6) is 1.41. The molecule has 0 spiro atoms. The number of aromatic nitrogens is 2. The van der Waals surface area contributed by atoms with Gasteiger partial charge in [0.25, 0.3) is 0 Å². The zero-order chi connectivity index (χ0) is 13.1. The molecule has 1 aromatic carbocycles. The van der Waals surface area contributed by atoms with Crippen molar-refractivity contribution in [1.29, 1.82) is 0 Å². The third-order valence-electron chi connectivity index (χ3n) is 2.83. The monoisotopic (exact) mass is 251 g/mol. The highest BCUT2D eigenvalue weighted by atomic mass is 16.5. The van der Waals surface area contributed by atoms with Crippen molar-refractivity contribution in [2.75, 3.05) is 12.4 Å². The average molecular weight is 251 g/mol. The molecule has 0 fully saturated rings. The fraction of sp³-hybridized carbons (Fsp3) is 0.0667. The second kappa shape index (κ2) is 4.94. The van der Waals surface area contributed by atoms with Gasteiger partial charge in [-0.15, -0.1) is 0 Å². The second-order valence-electron chi connectivity index (χ2n) is 4.09. The van der Waals surface area contributed by atoms with E-state index in [0.29, 0.717) is 5.75 Å². The van der Waals surface area contributed by atoms with Crippen LogP contribution in [0, 0.1) is 0 Å². The predicted molar refractivity (Wildman–Crippen MR) is 75.6 cm³/mol. The first-order chi connectivity index (χ1) is 9.36. The first-order valence-corrected chi connectivity index (χ1v) is 6.01. The molecule has 0 amide bonds. The Balaban J connectivity index is 2.01. The van der Waals surface area contributed by atoms with Crippen LogP contribution in [0.2, 0.25) is 0 Å². The van der Waals surface area contributed by atoms with Crippen LogP contribution < -0.4 is 10.1 Å². The molecular weight excluding hydrogens is 238 g/mol. The highest BCUT2D eigenvalue weighted by Gasteiger charge is 2.04. The van der Waals surface area contributed by atoms with Crippen molar-refractivity contribution in [1.82, 2.24) is 9.97 Å². The SMILES string of the molecule is CNc1cncc(Oc2cccc3cccnc23)c1. The maximum Gasteiger partial charge on any atom is 0.153 e. The summed E-state index contributed by atoms with van der Waals surface area (Å²) in [4.78, 5) is 8.48. The highest BCUT2D eigenvalue weighted by molar-refractivity contribution is 5.84. The number of hydrogen-bond donors (Lipinski definition) is 1. The molecule has 0 aliphatic carbocycles. The van der Waals surface area contributed by atoms with Crippen LogP contribution in [0.3, 0.4) is 0 Å². The van der Waals surface area contributed by atoms with Gasteiger partial charge in [0, 0.05) is 24.7 Å². The van der Waals surface area contributed by atoms with Gasteiger partial charge in [-0.05, 0) is 12.1 Å². The van der Waals surface area contributed by atoms with E-state index in [1.54, 1.807) is 18.6 Å². The first-order valence-electron chi connectivity index (χ1n) is 6.01. The molecule has 4 heteroatoms. The van der Waals surface area contributed by atoms with E-state index in [-0.39, 0.29) is 0 Å². The fourth-order valence-electron chi connectivity index (χ4n) is 1.90. The van der Waals surface area contributed by atoms with Crippen LogP contribution in [0.15, 0.2) is 55.0 Å². The molecule has 0 aliphatic heterocycles. The number of fused-ring (bicyclic) bond motifs is 1. The van der Waals surface area contributed by atoms with Gasteiger partial charge in [0.1, 0.15) is 11.3 Å². The van der Waals surface area contributed by atoms with Gasteiger partial charge in [0.15, 0.2) is 5.75 Å². The largest absolute Gasteiger partial charge is 0.453 e. The van der Waals surface area contributed by atoms with Crippen LogP contribution in [-0.2, 0) is 0 Å². The van der Waals surface area contributed by atoms with Gasteiger partial charge in [-0.2, -0.15) is 0 Å². The van der Waals surface area contributed by atoms with E-state index in [1.807, 2.05) is 43.4 Å². The zero-order valence-electron chi connectivity index (χ0n) is 10.5. The number of hydrogen-bond acceptors (Lipinski definition) is 4. The van der Waals surface area contributed by atoms with Gasteiger partial charge in [0.05, 0.1) is 18.1 Å². The number of nitrogens with zero attached hydrogens (tertiary/aromatic N) is 2. The van der Waals surface area contributed by atoms with Crippen molar-refractivity contribution in [3.63, 3.8) is 0 Å². The maximum absolute atomic E-state index is 5.87. The van der Waals surface area contributed by atoms with E-state index in [9.17, 15) is 0 Å². The number of para-hydroxylation sites is 1. The second-order valence-corrected chi connectivity index (χ2v) is 4.09. The van der Waals surface area contributed by atoms with Gasteiger partial charge < -0.3 is 10.1 Å². The first kappa shape index (κ1) is 11.5. The van der Waals surface area contributed by atoms with Crippen LogP contribution in [0.5, 0.6) is 11.5 Å². The Bertz CT molecular complexity index is 707. The van der Waals surface area contributed by atoms with E-state index in [4.69, 9.17) is 4.74 Å². The number of rotatable bonds is 3. The van der Waals surface area contributed by atoms with E-state index in [0.717, 1.165) is 22.3 Å². The van der Waals surface area contributed by atoms with Crippen LogP contribution in [0.4, 0.5) is 5.69 Å². The molecule has 3 rings (SSSR count). The Morgan fingerprint density at radius 1 is 1.11 bits per heavy atom. The molecular formula is C15H13N3O. The zero-order valence-corrected chi connectivity index (χ0v) is 10.5. The smallest absolute Gasteiger partial charge is 0.153 e. The van der Waals surface area contributed by atoms with Crippen molar-refractivity contribution >= 4 is 16.6 Å². The van der Waals surface area contributed by atoms with Gasteiger partial charge in [0.2, 0.25) is 0 Å². The van der Waals surface area contributed by atoms with Gasteiger partial charge in [-0.3, -0.25) is 9.97 Å². The lowest BCUT2D eigenvalue weighted by atomic mass is 10.2. The molecule has 3 aromatic rings. The Kier molecular flexibility index (Phi) is 2.98. The third kappa shape index (κ3) is 2.33. The molecule has 4 nitrogen and oxygen atoms in total. The molecule has 2 aromatic heterocycles. The summed E-state index contributed by atoms with van der Waals surface area (Å²) in [7, 11) is 1.85. The highest BCUT2D eigenvalue weighted by Crippen LogP contribution is 2.28. The Labute approximate surface area is 111 Å². The van der Waals surface area contributed by atoms with Crippen molar-refractivity contribution in [3.8, 4) is 11.5 Å². The Hall–Kier alpha value is -2.62. The summed E-state index contributed by atoms with van der Waals surface area (Å²) in [6, 6.07) is 11.7. The van der Waals surface area contributed by atoms with Crippen LogP contribution in [0.1, 0.15) is 0 Å². The topological polar surface area (TPSA) is 47.0 Å². The minimum Gasteiger partial charge on any atom is -0.453 e. The lowest BCUT2D eigenvalue weighted by Crippen LogP contribution is -1.92. The molecule has 0 saturated heterocycles. The Morgan fingerprint density at radius 2 is 2.00 bits per heavy atom. The van der Waals surface area contributed by atoms with Crippen molar-refractivity contribution in [2.45, 2.75) is 0 Å². The number of anilines is 1. The quantitative estimate of drug-likeness (QED) is 0.774. The Morgan fingerprint density at radius 3 is 2.89 bits per heavy atom. The minimum absolute atomic E-state index is 0.685. The van der Waals surface area contributed by atoms with Gasteiger partial charge in [-0.25, -0.2) is 0 Å². The lowest BCUT2D eigenvalue weighted by Gasteiger charge is -2.08. The molecule has 0 atom stereocenters. The number of nitrogens with one attached hydrogen (secondary N) is 1. The summed E-state index contributed by atoms with van der Waals surface area (Å²) in [6.07, 6.45) is 5.19. The molecule has 0 aliphatic rings. The number of pyridine rings is 2. The van der Waals surface area contributed by atoms with Gasteiger partial charge in [-0.1, -0.05) is 18.2 Å². The van der Waals surface area contributed by atoms with E-state index >= 15 is 0 Å². The molecule has 0 radical (unpaired) electrons. The molecule has 0 unspecified atom stereocenters. The lowest BCUT2D eigenvalue weighted by molar-refractivity contribution is 0.485. The van der Waals surface area contributed by atoms with E-state index < -0.39 is 0 Å². The molecule has 0 bridgehead atoms. The molecule has 0 saturated carbocycles. The van der Waals surface area contributed by atoms with Gasteiger partial charge >= 0.3 is 0 Å². The summed E-state index contributed by atoms with van der Waals surface area (Å²) < 4.78 is 5.87. The normalized spacial score (nSPS) is 10.4. The molecule has 94 valence electrons. The van der Waals surface area contributed by atoms with E-state index in [2.05, 4.69) is 15.3 Å². The fourth-order valence-corrected chi connectivity index (χ4v) is 1.90. The van der Waals surface area contributed by atoms with Crippen LogP contribution in [0.25, 0.3) is 10.9 Å². The predicted octanol–water partition coefficient (Wildman–Crippen LogP) is 3.46. The summed E-state index contributed by atoms with van der Waals surface area (Å²) in [5.41, 5.74) is 1.76. The maximum atomic E-state index is 5.87. The summed E-state index contributed by atoms with van der Waals surface area (Å²) >= 11 is 0. The summed E-state index contributed by atoms with van der Waals surface area (Å²) in [6.45, 7) is 0. The van der Waals surface area contributed by atoms with Crippen molar-refractivity contribution in [3.05, 3.63) is 55.0 Å². The minimum atomic E-state index is 0.685. The van der Waals surface area contributed by atoms with Crippen molar-refractivity contribution < 1.29 is 4.74 Å². The number of benzene rings is 1. The number of ether oxygens (including phenoxy) is 1. The molecule has 1 N–H and O–H groups in total. The molecule has 2 heterocycles. The van der Waals surface area contributed by atoms with E-state index in [1.165, 1.54) is 0 Å². The standard InChI is InChI=1S/C15H13N3O/c1-16-12-8-13(10-17-9-12)19-14-6-2-4-11-5-3-7-18-15(11)14/h2-10,16H,1H3. The van der Waals surface area contributed by atoms with Crippen LogP contribution in [-0.4, -0.2) is 17.0 Å². The van der Waals surface area contributed by atoms with Crippen molar-refractivity contribution in [2.24, 2.45) is 0 Å².